The quantitative estimate of drug-likeness (QED) is 0.558. The van der Waals surface area contributed by atoms with Crippen LogP contribution in [0, 0.1) is 11.8 Å². The van der Waals surface area contributed by atoms with E-state index in [2.05, 4.69) is 20.8 Å². The molecule has 86 valence electrons. The summed E-state index contributed by atoms with van der Waals surface area (Å²) < 4.78 is 0. The lowest BCUT2D eigenvalue weighted by Gasteiger charge is -2.07. The third-order valence-corrected chi connectivity index (χ3v) is 2.79. The van der Waals surface area contributed by atoms with Gasteiger partial charge in [0.05, 0.1) is 0 Å². The summed E-state index contributed by atoms with van der Waals surface area (Å²) in [4.78, 5) is 0. The van der Waals surface area contributed by atoms with Crippen molar-refractivity contribution in [1.29, 1.82) is 0 Å². The van der Waals surface area contributed by atoms with Gasteiger partial charge < -0.3 is 5.11 Å². The minimum absolute atomic E-state index is 0.355. The minimum Gasteiger partial charge on any atom is -0.396 e. The Morgan fingerprint density at radius 2 is 1.29 bits per heavy atom. The van der Waals surface area contributed by atoms with E-state index in [1.807, 2.05) is 0 Å². The van der Waals surface area contributed by atoms with Gasteiger partial charge in [-0.1, -0.05) is 59.3 Å². The van der Waals surface area contributed by atoms with Crippen molar-refractivity contribution in [3.63, 3.8) is 0 Å². The molecule has 0 saturated carbocycles. The van der Waals surface area contributed by atoms with Crippen LogP contribution in [0.3, 0.4) is 0 Å². The molecule has 1 heteroatoms. The molecular weight excluding hydrogens is 172 g/mol. The van der Waals surface area contributed by atoms with E-state index in [0.717, 1.165) is 5.92 Å². The first-order valence-electron chi connectivity index (χ1n) is 6.27. The fourth-order valence-corrected chi connectivity index (χ4v) is 1.67. The Hall–Kier alpha value is -0.0400. The van der Waals surface area contributed by atoms with Gasteiger partial charge in [-0.2, -0.15) is 0 Å². The largest absolute Gasteiger partial charge is 0.396 e. The molecule has 0 fully saturated rings. The van der Waals surface area contributed by atoms with Crippen molar-refractivity contribution in [1.82, 2.24) is 0 Å². The van der Waals surface area contributed by atoms with E-state index in [1.54, 1.807) is 0 Å². The first-order chi connectivity index (χ1) is 6.66. The molecule has 0 aliphatic rings. The Bertz CT molecular complexity index is 110. The summed E-state index contributed by atoms with van der Waals surface area (Å²) >= 11 is 0. The molecule has 0 rings (SSSR count). The van der Waals surface area contributed by atoms with Crippen molar-refractivity contribution in [2.24, 2.45) is 11.8 Å². The summed E-state index contributed by atoms with van der Waals surface area (Å²) in [6.07, 6.45) is 9.39. The number of unbranched alkanes of at least 4 members (excludes halogenated alkanes) is 4. The zero-order valence-electron chi connectivity index (χ0n) is 10.3. The molecule has 1 atom stereocenters. The van der Waals surface area contributed by atoms with Crippen LogP contribution in [0.5, 0.6) is 0 Å². The van der Waals surface area contributed by atoms with Crippen LogP contribution in [-0.4, -0.2) is 11.7 Å². The Morgan fingerprint density at radius 1 is 0.786 bits per heavy atom. The topological polar surface area (TPSA) is 20.2 Å². The van der Waals surface area contributed by atoms with Gasteiger partial charge >= 0.3 is 0 Å². The van der Waals surface area contributed by atoms with Crippen LogP contribution in [-0.2, 0) is 0 Å². The van der Waals surface area contributed by atoms with E-state index < -0.39 is 0 Å². The number of aliphatic hydroxyl groups excluding tert-OH is 1. The highest BCUT2D eigenvalue weighted by Crippen LogP contribution is 2.13. The SMILES string of the molecule is CC(C)CCCCCCCC(C)CO. The second-order valence-electron chi connectivity index (χ2n) is 5.03. The normalized spacial score (nSPS) is 13.5. The van der Waals surface area contributed by atoms with E-state index in [-0.39, 0.29) is 0 Å². The molecule has 0 aliphatic carbocycles. The van der Waals surface area contributed by atoms with Crippen LogP contribution in [0.2, 0.25) is 0 Å². The summed E-state index contributed by atoms with van der Waals surface area (Å²) in [6, 6.07) is 0. The van der Waals surface area contributed by atoms with Gasteiger partial charge in [0.25, 0.3) is 0 Å². The fraction of sp³-hybridized carbons (Fsp3) is 1.00. The lowest BCUT2D eigenvalue weighted by molar-refractivity contribution is 0.227. The van der Waals surface area contributed by atoms with Crippen molar-refractivity contribution in [3.8, 4) is 0 Å². The molecule has 0 aromatic rings. The predicted octanol–water partition coefficient (Wildman–Crippen LogP) is 4.00. The molecular formula is C13H28O. The Morgan fingerprint density at radius 3 is 1.79 bits per heavy atom. The van der Waals surface area contributed by atoms with Crippen molar-refractivity contribution < 1.29 is 5.11 Å². The zero-order chi connectivity index (χ0) is 10.8. The molecule has 1 nitrogen and oxygen atoms in total. The molecule has 1 N–H and O–H groups in total. The molecule has 0 aromatic heterocycles. The van der Waals surface area contributed by atoms with Gasteiger partial charge in [0.2, 0.25) is 0 Å². The maximum atomic E-state index is 8.84. The van der Waals surface area contributed by atoms with Gasteiger partial charge in [0.15, 0.2) is 0 Å². The predicted molar refractivity (Wildman–Crippen MR) is 63.4 cm³/mol. The Kier molecular flexibility index (Phi) is 9.49. The minimum atomic E-state index is 0.355. The summed E-state index contributed by atoms with van der Waals surface area (Å²) in [5.41, 5.74) is 0. The van der Waals surface area contributed by atoms with Crippen molar-refractivity contribution in [2.45, 2.75) is 65.7 Å². The van der Waals surface area contributed by atoms with E-state index in [4.69, 9.17) is 5.11 Å². The fourth-order valence-electron chi connectivity index (χ4n) is 1.67. The maximum Gasteiger partial charge on any atom is 0.0456 e. The van der Waals surface area contributed by atoms with Gasteiger partial charge in [0, 0.05) is 6.61 Å². The van der Waals surface area contributed by atoms with Gasteiger partial charge in [0.1, 0.15) is 0 Å². The standard InChI is InChI=1S/C13H28O/c1-12(2)9-7-5-4-6-8-10-13(3)11-14/h12-14H,4-11H2,1-3H3. The molecule has 0 heterocycles. The Labute approximate surface area is 89.9 Å². The average molecular weight is 200 g/mol. The summed E-state index contributed by atoms with van der Waals surface area (Å²) in [5.74, 6) is 1.37. The second-order valence-corrected chi connectivity index (χ2v) is 5.03. The monoisotopic (exact) mass is 200 g/mol. The maximum absolute atomic E-state index is 8.84. The van der Waals surface area contributed by atoms with Crippen LogP contribution < -0.4 is 0 Å². The zero-order valence-corrected chi connectivity index (χ0v) is 10.3. The summed E-state index contributed by atoms with van der Waals surface area (Å²) in [7, 11) is 0. The molecule has 0 aliphatic heterocycles. The molecule has 0 radical (unpaired) electrons. The number of aliphatic hydroxyl groups is 1. The van der Waals surface area contributed by atoms with Crippen molar-refractivity contribution in [2.75, 3.05) is 6.61 Å². The van der Waals surface area contributed by atoms with Gasteiger partial charge in [-0.05, 0) is 18.3 Å². The van der Waals surface area contributed by atoms with Crippen LogP contribution >= 0.6 is 0 Å². The summed E-state index contributed by atoms with van der Waals surface area (Å²) in [6.45, 7) is 7.07. The first kappa shape index (κ1) is 14.0. The molecule has 0 saturated heterocycles. The number of hydrogen-bond donors (Lipinski definition) is 1. The van der Waals surface area contributed by atoms with Gasteiger partial charge in [-0.25, -0.2) is 0 Å². The van der Waals surface area contributed by atoms with Crippen LogP contribution in [0.25, 0.3) is 0 Å². The summed E-state index contributed by atoms with van der Waals surface area (Å²) in [5, 5.41) is 8.84. The molecule has 0 amide bonds. The first-order valence-corrected chi connectivity index (χ1v) is 6.27. The van der Waals surface area contributed by atoms with Crippen molar-refractivity contribution >= 4 is 0 Å². The van der Waals surface area contributed by atoms with Crippen LogP contribution in [0.15, 0.2) is 0 Å². The van der Waals surface area contributed by atoms with E-state index >= 15 is 0 Å². The van der Waals surface area contributed by atoms with Crippen LogP contribution in [0.1, 0.15) is 65.7 Å². The van der Waals surface area contributed by atoms with E-state index in [1.165, 1.54) is 44.9 Å². The van der Waals surface area contributed by atoms with Gasteiger partial charge in [-0.3, -0.25) is 0 Å². The molecule has 14 heavy (non-hydrogen) atoms. The van der Waals surface area contributed by atoms with Crippen molar-refractivity contribution in [3.05, 3.63) is 0 Å². The number of rotatable bonds is 9. The Balaban J connectivity index is 2.99. The molecule has 1 unspecified atom stereocenters. The van der Waals surface area contributed by atoms with E-state index in [9.17, 15) is 0 Å². The molecule has 0 bridgehead atoms. The molecule has 0 spiro atoms. The van der Waals surface area contributed by atoms with E-state index in [0.29, 0.717) is 12.5 Å². The molecule has 0 aromatic carbocycles. The highest BCUT2D eigenvalue weighted by atomic mass is 16.3. The average Bonchev–Trinajstić information content (AvgIpc) is 2.15. The highest BCUT2D eigenvalue weighted by Gasteiger charge is 1.99. The lowest BCUT2D eigenvalue weighted by Crippen LogP contribution is -1.99. The van der Waals surface area contributed by atoms with Gasteiger partial charge in [-0.15, -0.1) is 0 Å². The highest BCUT2D eigenvalue weighted by molar-refractivity contribution is 4.52. The smallest absolute Gasteiger partial charge is 0.0456 e. The second kappa shape index (κ2) is 9.51. The third kappa shape index (κ3) is 10.0. The number of hydrogen-bond acceptors (Lipinski definition) is 1. The third-order valence-electron chi connectivity index (χ3n) is 2.79. The van der Waals surface area contributed by atoms with Crippen LogP contribution in [0.4, 0.5) is 0 Å². The lowest BCUT2D eigenvalue weighted by atomic mass is 10.0.